The van der Waals surface area contributed by atoms with Crippen LogP contribution < -0.4 is 17.1 Å². The predicted molar refractivity (Wildman–Crippen MR) is 88.5 cm³/mol. The van der Waals surface area contributed by atoms with Crippen molar-refractivity contribution in [3.8, 4) is 0 Å². The maximum Gasteiger partial charge on any atom is 0.347 e. The van der Waals surface area contributed by atoms with E-state index in [1.165, 1.54) is 11.0 Å². The fourth-order valence-corrected chi connectivity index (χ4v) is 3.09. The Balaban J connectivity index is 1.99. The number of ketones is 1. The Morgan fingerprint density at radius 1 is 1.25 bits per heavy atom. The van der Waals surface area contributed by atoms with E-state index in [2.05, 4.69) is 0 Å². The molecule has 24 heavy (non-hydrogen) atoms. The first-order valence-corrected chi connectivity index (χ1v) is 7.85. The number of Topliss-reactive ketones (excluding diaryl/α,β-unsaturated/α-hetero) is 1. The molecule has 1 fully saturated rings. The van der Waals surface area contributed by atoms with Gasteiger partial charge in [0.25, 0.3) is 0 Å². The third-order valence-electron chi connectivity index (χ3n) is 4.35. The quantitative estimate of drug-likeness (QED) is 0.618. The van der Waals surface area contributed by atoms with Crippen LogP contribution in [0, 0.1) is 0 Å². The van der Waals surface area contributed by atoms with E-state index in [0.717, 1.165) is 5.56 Å². The van der Waals surface area contributed by atoms with Crippen LogP contribution in [0.1, 0.15) is 28.8 Å². The second-order valence-corrected chi connectivity index (χ2v) is 5.84. The summed E-state index contributed by atoms with van der Waals surface area (Å²) in [6.07, 6.45) is 1.23. The highest BCUT2D eigenvalue weighted by atomic mass is 16.4. The average molecular weight is 329 g/mol. The summed E-state index contributed by atoms with van der Waals surface area (Å²) in [5.41, 5.74) is 11.5. The zero-order valence-electron chi connectivity index (χ0n) is 13.2. The summed E-state index contributed by atoms with van der Waals surface area (Å²) in [4.78, 5) is 38.3. The number of hydrogen-bond donors (Lipinski definition) is 2. The number of hydrogen-bond acceptors (Lipinski definition) is 6. The summed E-state index contributed by atoms with van der Waals surface area (Å²) in [5.74, 6) is -0.684. The zero-order valence-corrected chi connectivity index (χ0v) is 13.2. The Labute approximate surface area is 138 Å². The normalized spacial score (nSPS) is 17.4. The van der Waals surface area contributed by atoms with Gasteiger partial charge >= 0.3 is 5.63 Å². The van der Waals surface area contributed by atoms with Gasteiger partial charge in [0.1, 0.15) is 11.1 Å². The molecule has 0 radical (unpaired) electrons. The number of likely N-dealkylation sites (tertiary alicyclic amines) is 1. The molecule has 0 aliphatic carbocycles. The molecule has 7 nitrogen and oxygen atoms in total. The topological polar surface area (TPSA) is 120 Å². The molecule has 126 valence electrons. The molecule has 4 N–H and O–H groups in total. The maximum atomic E-state index is 12.8. The lowest BCUT2D eigenvalue weighted by atomic mass is 10.0. The molecule has 7 heteroatoms. The summed E-state index contributed by atoms with van der Waals surface area (Å²) in [7, 11) is 0. The van der Waals surface area contributed by atoms with Crippen LogP contribution in [0.25, 0.3) is 11.0 Å². The lowest BCUT2D eigenvalue weighted by Crippen LogP contribution is -2.44. The molecule has 1 aliphatic heterocycles. The monoisotopic (exact) mass is 329 g/mol. The van der Waals surface area contributed by atoms with Gasteiger partial charge in [-0.1, -0.05) is 12.1 Å². The Morgan fingerprint density at radius 2 is 2.04 bits per heavy atom. The fourth-order valence-electron chi connectivity index (χ4n) is 3.09. The van der Waals surface area contributed by atoms with Crippen LogP contribution in [-0.4, -0.2) is 35.7 Å². The van der Waals surface area contributed by atoms with Gasteiger partial charge in [0.2, 0.25) is 5.91 Å². The number of nitrogens with two attached hydrogens (primary N) is 2. The Morgan fingerprint density at radius 3 is 2.75 bits per heavy atom. The van der Waals surface area contributed by atoms with Gasteiger partial charge in [-0.2, -0.15) is 0 Å². The van der Waals surface area contributed by atoms with Crippen molar-refractivity contribution in [2.45, 2.75) is 25.4 Å². The first kappa shape index (κ1) is 16.4. The van der Waals surface area contributed by atoms with E-state index in [0.29, 0.717) is 36.9 Å². The number of rotatable bonds is 4. The number of amides is 1. The number of benzene rings is 1. The maximum absolute atomic E-state index is 12.8. The lowest BCUT2D eigenvalue weighted by Gasteiger charge is -2.22. The third kappa shape index (κ3) is 2.83. The van der Waals surface area contributed by atoms with Crippen molar-refractivity contribution in [2.75, 3.05) is 13.1 Å². The molecule has 1 saturated heterocycles. The molecule has 0 saturated carbocycles. The molecule has 2 heterocycles. The van der Waals surface area contributed by atoms with Crippen molar-refractivity contribution in [3.63, 3.8) is 0 Å². The van der Waals surface area contributed by atoms with Gasteiger partial charge in [0.15, 0.2) is 5.78 Å². The van der Waals surface area contributed by atoms with Gasteiger partial charge in [-0.25, -0.2) is 4.79 Å². The SMILES string of the molecule is NCC(=O)N1CCC[C@H]1C(=O)c1cc2ccc(CN)cc2oc1=O. The summed E-state index contributed by atoms with van der Waals surface area (Å²) < 4.78 is 5.28. The van der Waals surface area contributed by atoms with Gasteiger partial charge in [0.05, 0.1) is 12.6 Å². The van der Waals surface area contributed by atoms with Gasteiger partial charge in [0, 0.05) is 18.5 Å². The minimum absolute atomic E-state index is 0.0373. The van der Waals surface area contributed by atoms with Gasteiger partial charge in [-0.05, 0) is 30.5 Å². The number of fused-ring (bicyclic) bond motifs is 1. The molecule has 1 aromatic heterocycles. The Bertz CT molecular complexity index is 859. The van der Waals surface area contributed by atoms with Crippen molar-refractivity contribution in [3.05, 3.63) is 45.8 Å². The summed E-state index contributed by atoms with van der Waals surface area (Å²) in [6, 6.07) is 6.13. The molecule has 1 aromatic carbocycles. The van der Waals surface area contributed by atoms with Gasteiger partial charge < -0.3 is 20.8 Å². The predicted octanol–water partition coefficient (Wildman–Crippen LogP) is 0.384. The van der Waals surface area contributed by atoms with Crippen molar-refractivity contribution < 1.29 is 14.0 Å². The number of carbonyl (C=O) groups is 2. The van der Waals surface area contributed by atoms with Crippen molar-refractivity contribution in [1.29, 1.82) is 0 Å². The summed E-state index contributed by atoms with van der Waals surface area (Å²) in [6.45, 7) is 0.655. The van der Waals surface area contributed by atoms with Crippen LogP contribution in [0.2, 0.25) is 0 Å². The van der Waals surface area contributed by atoms with Crippen molar-refractivity contribution >= 4 is 22.7 Å². The van der Waals surface area contributed by atoms with E-state index in [4.69, 9.17) is 15.9 Å². The van der Waals surface area contributed by atoms with Crippen molar-refractivity contribution in [2.24, 2.45) is 11.5 Å². The molecule has 2 aromatic rings. The molecule has 0 spiro atoms. The second-order valence-electron chi connectivity index (χ2n) is 5.84. The molecular formula is C17H19N3O4. The first-order chi connectivity index (χ1) is 11.5. The van der Waals surface area contributed by atoms with Crippen LogP contribution in [-0.2, 0) is 11.3 Å². The highest BCUT2D eigenvalue weighted by molar-refractivity contribution is 6.03. The molecule has 1 amide bonds. The Hall–Kier alpha value is -2.51. The second kappa shape index (κ2) is 6.54. The summed E-state index contributed by atoms with van der Waals surface area (Å²) >= 11 is 0. The van der Waals surface area contributed by atoms with Crippen LogP contribution in [0.5, 0.6) is 0 Å². The lowest BCUT2D eigenvalue weighted by molar-refractivity contribution is -0.129. The molecule has 1 atom stereocenters. The van der Waals surface area contributed by atoms with E-state index >= 15 is 0 Å². The van der Waals surface area contributed by atoms with Crippen LogP contribution in [0.4, 0.5) is 0 Å². The summed E-state index contributed by atoms with van der Waals surface area (Å²) in [5, 5.41) is 0.643. The zero-order chi connectivity index (χ0) is 17.3. The molecule has 0 bridgehead atoms. The van der Waals surface area contributed by atoms with Crippen LogP contribution >= 0.6 is 0 Å². The van der Waals surface area contributed by atoms with Crippen LogP contribution in [0.15, 0.2) is 33.5 Å². The van der Waals surface area contributed by atoms with E-state index in [9.17, 15) is 14.4 Å². The van der Waals surface area contributed by atoms with E-state index in [1.54, 1.807) is 12.1 Å². The molecular weight excluding hydrogens is 310 g/mol. The van der Waals surface area contributed by atoms with E-state index in [-0.39, 0.29) is 18.0 Å². The van der Waals surface area contributed by atoms with Crippen LogP contribution in [0.3, 0.4) is 0 Å². The van der Waals surface area contributed by atoms with Gasteiger partial charge in [-0.3, -0.25) is 9.59 Å². The smallest absolute Gasteiger partial charge is 0.347 e. The first-order valence-electron chi connectivity index (χ1n) is 7.85. The molecule has 1 aliphatic rings. The molecule has 0 unspecified atom stereocenters. The van der Waals surface area contributed by atoms with E-state index in [1.807, 2.05) is 6.07 Å². The highest BCUT2D eigenvalue weighted by Gasteiger charge is 2.35. The highest BCUT2D eigenvalue weighted by Crippen LogP contribution is 2.22. The number of nitrogens with zero attached hydrogens (tertiary/aromatic N) is 1. The minimum atomic E-state index is -0.700. The fraction of sp³-hybridized carbons (Fsp3) is 0.353. The Kier molecular flexibility index (Phi) is 4.46. The molecule has 3 rings (SSSR count). The minimum Gasteiger partial charge on any atom is -0.422 e. The largest absolute Gasteiger partial charge is 0.422 e. The van der Waals surface area contributed by atoms with E-state index < -0.39 is 17.5 Å². The standard InChI is InChI=1S/C17H19N3O4/c18-8-10-3-4-11-7-12(17(23)24-14(11)6-10)16(22)13-2-1-5-20(13)15(21)9-19/h3-4,6-7,13H,1-2,5,8-9,18-19H2/t13-/m0/s1. The van der Waals surface area contributed by atoms with Crippen molar-refractivity contribution in [1.82, 2.24) is 4.90 Å². The third-order valence-corrected chi connectivity index (χ3v) is 4.35. The van der Waals surface area contributed by atoms with Gasteiger partial charge in [-0.15, -0.1) is 0 Å². The number of carbonyl (C=O) groups excluding carboxylic acids is 2. The average Bonchev–Trinajstić information content (AvgIpc) is 3.09.